The van der Waals surface area contributed by atoms with Gasteiger partial charge in [0.1, 0.15) is 11.6 Å². The van der Waals surface area contributed by atoms with Crippen LogP contribution in [0.25, 0.3) is 0 Å². The summed E-state index contributed by atoms with van der Waals surface area (Å²) in [5.74, 6) is 0.126. The Bertz CT molecular complexity index is 350. The molecule has 102 valence electrons. The maximum atomic E-state index is 13.1. The van der Waals surface area contributed by atoms with E-state index in [9.17, 15) is 9.50 Å². The van der Waals surface area contributed by atoms with E-state index < -0.39 is 6.10 Å². The zero-order valence-corrected chi connectivity index (χ0v) is 11.3. The SMILES string of the molecule is CCCCCCCOc1cc(F)ccc1[C@H](C)O. The molecule has 1 atom stereocenters. The molecular weight excluding hydrogens is 231 g/mol. The van der Waals surface area contributed by atoms with Crippen molar-refractivity contribution in [1.29, 1.82) is 0 Å². The lowest BCUT2D eigenvalue weighted by molar-refractivity contribution is 0.190. The maximum Gasteiger partial charge on any atom is 0.127 e. The number of hydrogen-bond donors (Lipinski definition) is 1. The van der Waals surface area contributed by atoms with Crippen LogP contribution >= 0.6 is 0 Å². The van der Waals surface area contributed by atoms with E-state index in [4.69, 9.17) is 4.74 Å². The van der Waals surface area contributed by atoms with E-state index in [0.29, 0.717) is 17.9 Å². The van der Waals surface area contributed by atoms with E-state index in [2.05, 4.69) is 6.92 Å². The molecule has 1 aromatic rings. The quantitative estimate of drug-likeness (QED) is 0.703. The van der Waals surface area contributed by atoms with Gasteiger partial charge in [-0.1, -0.05) is 32.6 Å². The largest absolute Gasteiger partial charge is 0.493 e. The molecule has 0 radical (unpaired) electrons. The van der Waals surface area contributed by atoms with Gasteiger partial charge < -0.3 is 9.84 Å². The van der Waals surface area contributed by atoms with Gasteiger partial charge in [-0.05, 0) is 25.5 Å². The molecule has 18 heavy (non-hydrogen) atoms. The molecule has 2 nitrogen and oxygen atoms in total. The first-order valence-electron chi connectivity index (χ1n) is 6.75. The van der Waals surface area contributed by atoms with Crippen molar-refractivity contribution in [2.45, 2.75) is 52.1 Å². The minimum absolute atomic E-state index is 0.333. The van der Waals surface area contributed by atoms with Crippen molar-refractivity contribution in [3.63, 3.8) is 0 Å². The molecule has 0 aliphatic carbocycles. The Kier molecular flexibility index (Phi) is 6.73. The molecule has 0 saturated carbocycles. The molecule has 3 heteroatoms. The Balaban J connectivity index is 2.43. The van der Waals surface area contributed by atoms with Gasteiger partial charge in [0.2, 0.25) is 0 Å². The summed E-state index contributed by atoms with van der Waals surface area (Å²) in [6, 6.07) is 4.26. The number of ether oxygens (including phenoxy) is 1. The van der Waals surface area contributed by atoms with Crippen LogP contribution in [0.2, 0.25) is 0 Å². The van der Waals surface area contributed by atoms with Crippen molar-refractivity contribution in [3.8, 4) is 5.75 Å². The van der Waals surface area contributed by atoms with Gasteiger partial charge in [0.25, 0.3) is 0 Å². The van der Waals surface area contributed by atoms with E-state index in [1.165, 1.54) is 31.4 Å². The zero-order valence-electron chi connectivity index (χ0n) is 11.3. The third-order valence-electron chi connectivity index (χ3n) is 2.93. The van der Waals surface area contributed by atoms with Crippen LogP contribution in [0.15, 0.2) is 18.2 Å². The molecule has 0 aliphatic heterocycles. The van der Waals surface area contributed by atoms with Crippen molar-refractivity contribution in [1.82, 2.24) is 0 Å². The summed E-state index contributed by atoms with van der Waals surface area (Å²) in [5, 5.41) is 9.57. The van der Waals surface area contributed by atoms with Crippen LogP contribution in [0.1, 0.15) is 57.6 Å². The number of benzene rings is 1. The number of aliphatic hydroxyl groups is 1. The number of hydrogen-bond acceptors (Lipinski definition) is 2. The van der Waals surface area contributed by atoms with Gasteiger partial charge in [0.05, 0.1) is 12.7 Å². The van der Waals surface area contributed by atoms with Crippen LogP contribution in [0, 0.1) is 5.82 Å². The molecule has 0 aromatic heterocycles. The summed E-state index contributed by atoms with van der Waals surface area (Å²) >= 11 is 0. The molecule has 0 bridgehead atoms. The van der Waals surface area contributed by atoms with Crippen molar-refractivity contribution in [2.24, 2.45) is 0 Å². The average molecular weight is 254 g/mol. The van der Waals surface area contributed by atoms with E-state index >= 15 is 0 Å². The monoisotopic (exact) mass is 254 g/mol. The smallest absolute Gasteiger partial charge is 0.127 e. The Morgan fingerprint density at radius 1 is 1.22 bits per heavy atom. The van der Waals surface area contributed by atoms with Crippen molar-refractivity contribution in [3.05, 3.63) is 29.6 Å². The second kappa shape index (κ2) is 8.09. The molecule has 0 fully saturated rings. The highest BCUT2D eigenvalue weighted by molar-refractivity contribution is 5.35. The fourth-order valence-corrected chi connectivity index (χ4v) is 1.87. The summed E-state index contributed by atoms with van der Waals surface area (Å²) in [4.78, 5) is 0. The Labute approximate surface area is 109 Å². The number of rotatable bonds is 8. The van der Waals surface area contributed by atoms with Gasteiger partial charge in [-0.15, -0.1) is 0 Å². The predicted molar refractivity (Wildman–Crippen MR) is 71.3 cm³/mol. The lowest BCUT2D eigenvalue weighted by Crippen LogP contribution is -2.03. The third kappa shape index (κ3) is 5.05. The fourth-order valence-electron chi connectivity index (χ4n) is 1.87. The first-order valence-corrected chi connectivity index (χ1v) is 6.75. The number of unbranched alkanes of at least 4 members (excludes halogenated alkanes) is 4. The van der Waals surface area contributed by atoms with Crippen molar-refractivity contribution >= 4 is 0 Å². The van der Waals surface area contributed by atoms with Gasteiger partial charge >= 0.3 is 0 Å². The third-order valence-corrected chi connectivity index (χ3v) is 2.93. The van der Waals surface area contributed by atoms with Crippen LogP contribution in [0.5, 0.6) is 5.75 Å². The molecule has 0 amide bonds. The molecule has 0 saturated heterocycles. The molecule has 0 aliphatic rings. The summed E-state index contributed by atoms with van der Waals surface area (Å²) < 4.78 is 18.7. The highest BCUT2D eigenvalue weighted by atomic mass is 19.1. The first kappa shape index (κ1) is 15.0. The lowest BCUT2D eigenvalue weighted by Gasteiger charge is -2.13. The molecule has 1 N–H and O–H groups in total. The topological polar surface area (TPSA) is 29.5 Å². The molecule has 1 rings (SSSR count). The standard InChI is InChI=1S/C15H23FO2/c1-3-4-5-6-7-10-18-15-11-13(16)8-9-14(15)12(2)17/h8-9,11-12,17H,3-7,10H2,1-2H3/t12-/m0/s1. The van der Waals surface area contributed by atoms with Crippen molar-refractivity contribution < 1.29 is 14.2 Å². The van der Waals surface area contributed by atoms with Crippen molar-refractivity contribution in [2.75, 3.05) is 6.61 Å². The Hall–Kier alpha value is -1.09. The molecule has 0 spiro atoms. The van der Waals surface area contributed by atoms with Crippen LogP contribution in [-0.2, 0) is 0 Å². The van der Waals surface area contributed by atoms with E-state index in [1.54, 1.807) is 13.0 Å². The van der Waals surface area contributed by atoms with Crippen LogP contribution in [0.4, 0.5) is 4.39 Å². The molecule has 1 aromatic carbocycles. The molecule has 0 unspecified atom stereocenters. The molecule has 0 heterocycles. The Morgan fingerprint density at radius 3 is 2.61 bits per heavy atom. The predicted octanol–water partition coefficient (Wildman–Crippen LogP) is 4.23. The van der Waals surface area contributed by atoms with Crippen LogP contribution in [-0.4, -0.2) is 11.7 Å². The zero-order chi connectivity index (χ0) is 13.4. The van der Waals surface area contributed by atoms with Gasteiger partial charge in [0.15, 0.2) is 0 Å². The highest BCUT2D eigenvalue weighted by Gasteiger charge is 2.10. The van der Waals surface area contributed by atoms with Gasteiger partial charge in [0, 0.05) is 11.6 Å². The van der Waals surface area contributed by atoms with Gasteiger partial charge in [-0.2, -0.15) is 0 Å². The van der Waals surface area contributed by atoms with E-state index in [0.717, 1.165) is 12.8 Å². The van der Waals surface area contributed by atoms with Gasteiger partial charge in [-0.3, -0.25) is 0 Å². The molecular formula is C15H23FO2. The first-order chi connectivity index (χ1) is 8.65. The maximum absolute atomic E-state index is 13.1. The highest BCUT2D eigenvalue weighted by Crippen LogP contribution is 2.26. The van der Waals surface area contributed by atoms with Crippen LogP contribution < -0.4 is 4.74 Å². The number of halogens is 1. The number of aliphatic hydroxyl groups excluding tert-OH is 1. The summed E-state index contributed by atoms with van der Waals surface area (Å²) in [6.07, 6.45) is 5.14. The fraction of sp³-hybridized carbons (Fsp3) is 0.600. The Morgan fingerprint density at radius 2 is 1.94 bits per heavy atom. The minimum Gasteiger partial charge on any atom is -0.493 e. The minimum atomic E-state index is -0.638. The average Bonchev–Trinajstić information content (AvgIpc) is 2.33. The normalized spacial score (nSPS) is 12.4. The van der Waals surface area contributed by atoms with Crippen LogP contribution in [0.3, 0.4) is 0 Å². The second-order valence-electron chi connectivity index (χ2n) is 4.62. The lowest BCUT2D eigenvalue weighted by atomic mass is 10.1. The van der Waals surface area contributed by atoms with E-state index in [-0.39, 0.29) is 5.82 Å². The summed E-state index contributed by atoms with van der Waals surface area (Å²) in [6.45, 7) is 4.41. The summed E-state index contributed by atoms with van der Waals surface area (Å²) in [5.41, 5.74) is 0.643. The van der Waals surface area contributed by atoms with E-state index in [1.807, 2.05) is 0 Å². The second-order valence-corrected chi connectivity index (χ2v) is 4.62. The van der Waals surface area contributed by atoms with Gasteiger partial charge in [-0.25, -0.2) is 4.39 Å². The summed E-state index contributed by atoms with van der Waals surface area (Å²) in [7, 11) is 0.